The number of nitrogens with one attached hydrogen (secondary N) is 1. The minimum Gasteiger partial charge on any atom is -0.364 e. The zero-order valence-electron chi connectivity index (χ0n) is 14.6. The van der Waals surface area contributed by atoms with E-state index in [0.29, 0.717) is 5.92 Å². The summed E-state index contributed by atoms with van der Waals surface area (Å²) < 4.78 is 28.6. The molecule has 1 atom stereocenters. The molecule has 0 spiro atoms. The molecule has 0 bridgehead atoms. The first-order valence-electron chi connectivity index (χ1n) is 7.93. The second-order valence-electron chi connectivity index (χ2n) is 6.32. The van der Waals surface area contributed by atoms with Gasteiger partial charge in [0, 0.05) is 25.8 Å². The monoisotopic (exact) mass is 364 g/mol. The van der Waals surface area contributed by atoms with Crippen LogP contribution in [0.15, 0.2) is 41.4 Å². The van der Waals surface area contributed by atoms with Crippen LogP contribution in [0, 0.1) is 0 Å². The van der Waals surface area contributed by atoms with Crippen LogP contribution in [0.1, 0.15) is 47.4 Å². The summed E-state index contributed by atoms with van der Waals surface area (Å²) in [7, 11) is -2.22. The average Bonchev–Trinajstić information content (AvgIpc) is 2.96. The highest BCUT2D eigenvalue weighted by molar-refractivity contribution is 7.89. The van der Waals surface area contributed by atoms with Crippen molar-refractivity contribution in [1.82, 2.24) is 9.29 Å². The Balaban J connectivity index is 2.08. The molecular weight excluding hydrogens is 340 g/mol. The molecule has 136 valence electrons. The van der Waals surface area contributed by atoms with E-state index in [1.165, 1.54) is 22.4 Å². The third-order valence-electron chi connectivity index (χ3n) is 4.07. The summed E-state index contributed by atoms with van der Waals surface area (Å²) in [6.45, 7) is 4.25. The molecule has 7 nitrogen and oxygen atoms in total. The van der Waals surface area contributed by atoms with Gasteiger partial charge in [0.25, 0.3) is 5.91 Å². The van der Waals surface area contributed by atoms with Crippen LogP contribution in [0.2, 0.25) is 0 Å². The molecular formula is C17H24N4O3S. The van der Waals surface area contributed by atoms with Crippen LogP contribution >= 0.6 is 0 Å². The third-order valence-corrected chi connectivity index (χ3v) is 5.46. The average molecular weight is 364 g/mol. The number of nitrogens with zero attached hydrogens (tertiary/aromatic N) is 1. The topological polar surface area (TPSA) is 120 Å². The lowest BCUT2D eigenvalue weighted by molar-refractivity contribution is 0.0992. The molecule has 8 heteroatoms. The van der Waals surface area contributed by atoms with Crippen LogP contribution in [0.5, 0.6) is 0 Å². The van der Waals surface area contributed by atoms with E-state index >= 15 is 0 Å². The van der Waals surface area contributed by atoms with E-state index < -0.39 is 22.0 Å². The number of sulfonamides is 1. The summed E-state index contributed by atoms with van der Waals surface area (Å²) >= 11 is 0. The summed E-state index contributed by atoms with van der Waals surface area (Å²) in [6, 6.07) is 8.56. The Kier molecular flexibility index (Phi) is 5.66. The number of aryl methyl sites for hydroxylation is 1. The van der Waals surface area contributed by atoms with Crippen LogP contribution in [-0.4, -0.2) is 25.4 Å². The van der Waals surface area contributed by atoms with Crippen molar-refractivity contribution in [1.29, 1.82) is 0 Å². The van der Waals surface area contributed by atoms with Gasteiger partial charge in [-0.05, 0) is 23.1 Å². The Bertz CT molecular complexity index is 855. The Morgan fingerprint density at radius 1 is 1.20 bits per heavy atom. The highest BCUT2D eigenvalue weighted by Gasteiger charge is 2.20. The van der Waals surface area contributed by atoms with Crippen LogP contribution in [0.25, 0.3) is 0 Å². The Labute approximate surface area is 148 Å². The molecule has 0 aliphatic rings. The van der Waals surface area contributed by atoms with E-state index in [4.69, 9.17) is 11.5 Å². The van der Waals surface area contributed by atoms with Gasteiger partial charge in [0.1, 0.15) is 10.6 Å². The van der Waals surface area contributed by atoms with Crippen molar-refractivity contribution in [3.05, 3.63) is 53.3 Å². The van der Waals surface area contributed by atoms with Crippen molar-refractivity contribution < 1.29 is 13.2 Å². The minimum absolute atomic E-state index is 0.0221. The number of rotatable bonds is 7. The maximum atomic E-state index is 12.4. The first-order chi connectivity index (χ1) is 11.6. The zero-order chi connectivity index (χ0) is 18.8. The number of nitrogens with two attached hydrogens (primary N) is 2. The number of primary amides is 1. The predicted molar refractivity (Wildman–Crippen MR) is 96.6 cm³/mol. The number of hydrogen-bond acceptors (Lipinski definition) is 4. The van der Waals surface area contributed by atoms with Gasteiger partial charge in [0.05, 0.1) is 0 Å². The normalized spacial score (nSPS) is 13.2. The highest BCUT2D eigenvalue weighted by Crippen LogP contribution is 2.18. The molecule has 25 heavy (non-hydrogen) atoms. The third kappa shape index (κ3) is 4.47. The van der Waals surface area contributed by atoms with Gasteiger partial charge in [-0.15, -0.1) is 0 Å². The summed E-state index contributed by atoms with van der Waals surface area (Å²) in [5, 5.41) is 0. The predicted octanol–water partition coefficient (Wildman–Crippen LogP) is 1.23. The fraction of sp³-hybridized carbons (Fsp3) is 0.353. The van der Waals surface area contributed by atoms with Gasteiger partial charge in [-0.3, -0.25) is 4.79 Å². The summed E-state index contributed by atoms with van der Waals surface area (Å²) in [5.41, 5.74) is 13.5. The zero-order valence-corrected chi connectivity index (χ0v) is 15.4. The lowest BCUT2D eigenvalue weighted by atomic mass is 9.99. The number of carbonyl (C=O) groups excluding carboxylic acids is 1. The molecule has 1 aromatic heterocycles. The minimum atomic E-state index is -3.78. The Morgan fingerprint density at radius 3 is 2.24 bits per heavy atom. The molecule has 0 aliphatic carbocycles. The first kappa shape index (κ1) is 19.2. The number of hydrogen-bond donors (Lipinski definition) is 3. The Morgan fingerprint density at radius 2 is 1.76 bits per heavy atom. The van der Waals surface area contributed by atoms with Crippen molar-refractivity contribution in [2.45, 2.75) is 30.7 Å². The summed E-state index contributed by atoms with van der Waals surface area (Å²) in [4.78, 5) is 11.2. The first-order valence-corrected chi connectivity index (χ1v) is 9.41. The quantitative estimate of drug-likeness (QED) is 0.684. The fourth-order valence-electron chi connectivity index (χ4n) is 2.45. The molecule has 2 aromatic rings. The van der Waals surface area contributed by atoms with E-state index in [1.54, 1.807) is 7.05 Å². The molecule has 5 N–H and O–H groups in total. The maximum absolute atomic E-state index is 12.4. The van der Waals surface area contributed by atoms with E-state index in [2.05, 4.69) is 18.6 Å². The smallest absolute Gasteiger partial charge is 0.265 e. The molecule has 1 heterocycles. The second-order valence-corrected chi connectivity index (χ2v) is 8.08. The maximum Gasteiger partial charge on any atom is 0.265 e. The lowest BCUT2D eigenvalue weighted by Gasteiger charge is -2.14. The molecule has 0 radical (unpaired) electrons. The number of benzene rings is 1. The van der Waals surface area contributed by atoms with Crippen molar-refractivity contribution in [3.63, 3.8) is 0 Å². The van der Waals surface area contributed by atoms with Gasteiger partial charge in [0.2, 0.25) is 10.0 Å². The van der Waals surface area contributed by atoms with E-state index in [9.17, 15) is 13.2 Å². The van der Waals surface area contributed by atoms with Crippen molar-refractivity contribution in [2.75, 3.05) is 6.54 Å². The van der Waals surface area contributed by atoms with E-state index in [1.807, 2.05) is 24.3 Å². The molecule has 0 fully saturated rings. The largest absolute Gasteiger partial charge is 0.364 e. The second kappa shape index (κ2) is 7.38. The number of aromatic nitrogens is 1. The van der Waals surface area contributed by atoms with Crippen LogP contribution < -0.4 is 16.2 Å². The number of amides is 1. The van der Waals surface area contributed by atoms with Crippen LogP contribution in [-0.2, 0) is 17.1 Å². The lowest BCUT2D eigenvalue weighted by Crippen LogP contribution is -2.31. The van der Waals surface area contributed by atoms with Gasteiger partial charge >= 0.3 is 0 Å². The molecule has 0 aliphatic heterocycles. The van der Waals surface area contributed by atoms with E-state index in [0.717, 1.165) is 5.56 Å². The fourth-order valence-corrected chi connectivity index (χ4v) is 3.58. The van der Waals surface area contributed by atoms with Gasteiger partial charge in [-0.2, -0.15) is 0 Å². The summed E-state index contributed by atoms with van der Waals surface area (Å²) in [5.74, 6) is -0.271. The van der Waals surface area contributed by atoms with Gasteiger partial charge in [-0.1, -0.05) is 38.1 Å². The molecule has 0 saturated heterocycles. The van der Waals surface area contributed by atoms with Gasteiger partial charge in [0.15, 0.2) is 0 Å². The summed E-state index contributed by atoms with van der Waals surface area (Å²) in [6.07, 6.45) is 1.34. The van der Waals surface area contributed by atoms with Crippen LogP contribution in [0.4, 0.5) is 0 Å². The standard InChI is InChI=1S/C17H24N4O3S/c1-11(2)12-4-6-13(7-5-12)15(18)9-20-25(23,24)14-8-16(17(19)22)21(3)10-14/h4-8,10-11,15,20H,9,18H2,1-3H3,(H2,19,22). The van der Waals surface area contributed by atoms with Crippen molar-refractivity contribution in [3.8, 4) is 0 Å². The Hall–Kier alpha value is -2.16. The van der Waals surface area contributed by atoms with Gasteiger partial charge in [-0.25, -0.2) is 13.1 Å². The number of carbonyl (C=O) groups is 1. The molecule has 0 saturated carbocycles. The van der Waals surface area contributed by atoms with Gasteiger partial charge < -0.3 is 16.0 Å². The van der Waals surface area contributed by atoms with Crippen molar-refractivity contribution in [2.24, 2.45) is 18.5 Å². The van der Waals surface area contributed by atoms with E-state index in [-0.39, 0.29) is 17.1 Å². The SMILES string of the molecule is CC(C)c1ccc(C(N)CNS(=O)(=O)c2cc(C(N)=O)n(C)c2)cc1. The van der Waals surface area contributed by atoms with Crippen LogP contribution in [0.3, 0.4) is 0 Å². The molecule has 1 aromatic carbocycles. The van der Waals surface area contributed by atoms with Crippen molar-refractivity contribution >= 4 is 15.9 Å². The highest BCUT2D eigenvalue weighted by atomic mass is 32.2. The molecule has 2 rings (SSSR count). The molecule has 1 amide bonds. The molecule has 1 unspecified atom stereocenters.